The molecule has 0 aliphatic rings. The lowest BCUT2D eigenvalue weighted by Crippen LogP contribution is -2.29. The highest BCUT2D eigenvalue weighted by molar-refractivity contribution is 14.1. The van der Waals surface area contributed by atoms with Gasteiger partial charge in [0, 0.05) is 15.9 Å². The molecular weight excluding hydrogens is 549 g/mol. The van der Waals surface area contributed by atoms with Gasteiger partial charge in [-0.05, 0) is 95.0 Å². The Kier molecular flexibility index (Phi) is 8.59. The van der Waals surface area contributed by atoms with Gasteiger partial charge in [-0.2, -0.15) is 0 Å². The number of benzene rings is 2. The number of aryl methyl sites for hydroxylation is 1. The van der Waals surface area contributed by atoms with Crippen LogP contribution in [-0.2, 0) is 4.84 Å². The van der Waals surface area contributed by atoms with Crippen LogP contribution in [0.5, 0.6) is 0 Å². The molecule has 152 valence electrons. The van der Waals surface area contributed by atoms with Crippen molar-refractivity contribution in [2.45, 2.75) is 32.8 Å². The number of carbonyl (C=O) groups excluding carboxylic acids is 1. The summed E-state index contributed by atoms with van der Waals surface area (Å²) in [4.78, 5) is 17.8. The molecule has 0 heterocycles. The number of halogens is 4. The molecule has 0 aliphatic heterocycles. The third-order valence-electron chi connectivity index (χ3n) is 3.98. The number of amides is 1. The van der Waals surface area contributed by atoms with Crippen molar-refractivity contribution in [1.82, 2.24) is 5.48 Å². The number of aliphatic hydroxyl groups excluding tert-OH is 1. The quantitative estimate of drug-likeness (QED) is 0.232. The van der Waals surface area contributed by atoms with Crippen molar-refractivity contribution in [1.29, 1.82) is 0 Å². The Morgan fingerprint density at radius 2 is 2.04 bits per heavy atom. The van der Waals surface area contributed by atoms with Crippen molar-refractivity contribution in [3.8, 4) is 0 Å². The van der Waals surface area contributed by atoms with E-state index in [0.717, 1.165) is 9.13 Å². The van der Waals surface area contributed by atoms with E-state index >= 15 is 0 Å². The van der Waals surface area contributed by atoms with Gasteiger partial charge in [-0.15, -0.1) is 0 Å². The van der Waals surface area contributed by atoms with Crippen molar-refractivity contribution in [3.63, 3.8) is 0 Å². The molecule has 0 spiro atoms. The van der Waals surface area contributed by atoms with Crippen molar-refractivity contribution in [2.24, 2.45) is 0 Å². The third kappa shape index (κ3) is 5.85. The van der Waals surface area contributed by atoms with Crippen LogP contribution in [0.15, 0.2) is 28.7 Å². The molecule has 2 aromatic carbocycles. The lowest BCUT2D eigenvalue weighted by molar-refractivity contribution is -0.0131. The van der Waals surface area contributed by atoms with E-state index in [1.54, 1.807) is 13.0 Å². The Balaban J connectivity index is 2.31. The Bertz CT molecular complexity index is 868. The minimum atomic E-state index is -1.18. The Morgan fingerprint density at radius 1 is 1.32 bits per heavy atom. The fourth-order valence-electron chi connectivity index (χ4n) is 2.45. The average Bonchev–Trinajstić information content (AvgIpc) is 2.66. The van der Waals surface area contributed by atoms with Gasteiger partial charge < -0.3 is 10.4 Å². The summed E-state index contributed by atoms with van der Waals surface area (Å²) in [6.07, 6.45) is 0.706. The van der Waals surface area contributed by atoms with Crippen molar-refractivity contribution >= 4 is 55.8 Å². The molecule has 0 bridgehead atoms. The van der Waals surface area contributed by atoms with E-state index in [1.165, 1.54) is 6.07 Å². The topological polar surface area (TPSA) is 70.6 Å². The first-order valence-corrected chi connectivity index (χ1v) is 10.4. The lowest BCUT2D eigenvalue weighted by Gasteiger charge is -2.17. The summed E-state index contributed by atoms with van der Waals surface area (Å²) < 4.78 is 29.6. The van der Waals surface area contributed by atoms with Crippen LogP contribution in [0.2, 0.25) is 0 Å². The number of anilines is 2. The summed E-state index contributed by atoms with van der Waals surface area (Å²) in [5.41, 5.74) is 3.23. The van der Waals surface area contributed by atoms with Crippen LogP contribution in [0.25, 0.3) is 0 Å². The summed E-state index contributed by atoms with van der Waals surface area (Å²) in [5, 5.41) is 11.7. The van der Waals surface area contributed by atoms with Gasteiger partial charge in [0.05, 0.1) is 21.8 Å². The molecule has 9 heteroatoms. The van der Waals surface area contributed by atoms with Crippen LogP contribution in [0, 0.1) is 22.1 Å². The smallest absolute Gasteiger partial charge is 0.277 e. The molecule has 28 heavy (non-hydrogen) atoms. The first kappa shape index (κ1) is 23.0. The standard InChI is InChI=1S/C19H20BrF2IN2O3/c1-10-8-12(23)5-6-15(10)24-18-13(9-14(20)16(21)17(18)22)19(27)25-28-11(2)4-3-7-26/h5-6,8-9,11,24,26H,3-4,7H2,1-2H3,(H,25,27). The number of nitrogens with one attached hydrogen (secondary N) is 2. The molecule has 5 nitrogen and oxygen atoms in total. The first-order chi connectivity index (χ1) is 13.2. The highest BCUT2D eigenvalue weighted by atomic mass is 127. The Hall–Kier alpha value is -1.30. The van der Waals surface area contributed by atoms with Gasteiger partial charge >= 0.3 is 0 Å². The molecule has 0 fully saturated rings. The summed E-state index contributed by atoms with van der Waals surface area (Å²) in [5.74, 6) is -2.99. The maximum Gasteiger partial charge on any atom is 0.277 e. The molecule has 0 aromatic heterocycles. The van der Waals surface area contributed by atoms with E-state index in [1.807, 2.05) is 19.1 Å². The highest BCUT2D eigenvalue weighted by Gasteiger charge is 2.23. The van der Waals surface area contributed by atoms with E-state index in [4.69, 9.17) is 9.94 Å². The molecule has 3 N–H and O–H groups in total. The number of rotatable bonds is 8. The normalized spacial score (nSPS) is 12.0. The Morgan fingerprint density at radius 3 is 2.68 bits per heavy atom. The van der Waals surface area contributed by atoms with Crippen molar-refractivity contribution < 1.29 is 23.5 Å². The molecule has 0 saturated heterocycles. The minimum Gasteiger partial charge on any atom is -0.396 e. The number of carbonyl (C=O) groups is 1. The van der Waals surface area contributed by atoms with Crippen LogP contribution in [0.1, 0.15) is 35.7 Å². The van der Waals surface area contributed by atoms with Gasteiger partial charge in [0.2, 0.25) is 0 Å². The number of aliphatic hydroxyl groups is 1. The Labute approximate surface area is 184 Å². The average molecular weight is 569 g/mol. The fourth-order valence-corrected chi connectivity index (χ4v) is 3.50. The zero-order valence-electron chi connectivity index (χ0n) is 15.3. The van der Waals surface area contributed by atoms with Gasteiger partial charge in [0.25, 0.3) is 5.91 Å². The minimum absolute atomic E-state index is 0.0151. The molecule has 2 aromatic rings. The summed E-state index contributed by atoms with van der Waals surface area (Å²) in [6.45, 7) is 3.57. The number of hydroxylamine groups is 1. The summed E-state index contributed by atoms with van der Waals surface area (Å²) >= 11 is 5.08. The van der Waals surface area contributed by atoms with Gasteiger partial charge in [0.15, 0.2) is 11.6 Å². The highest BCUT2D eigenvalue weighted by Crippen LogP contribution is 2.32. The van der Waals surface area contributed by atoms with Crippen molar-refractivity contribution in [2.75, 3.05) is 11.9 Å². The monoisotopic (exact) mass is 568 g/mol. The van der Waals surface area contributed by atoms with Gasteiger partial charge in [-0.25, -0.2) is 14.3 Å². The van der Waals surface area contributed by atoms with Crippen LogP contribution < -0.4 is 10.8 Å². The summed E-state index contributed by atoms with van der Waals surface area (Å²) in [6, 6.07) is 6.61. The molecule has 2 rings (SSSR count). The molecule has 1 amide bonds. The van der Waals surface area contributed by atoms with Crippen LogP contribution in [0.4, 0.5) is 20.2 Å². The zero-order valence-corrected chi connectivity index (χ0v) is 19.0. The van der Waals surface area contributed by atoms with Gasteiger partial charge in [-0.3, -0.25) is 9.63 Å². The van der Waals surface area contributed by atoms with E-state index in [9.17, 15) is 13.6 Å². The maximum absolute atomic E-state index is 14.6. The van der Waals surface area contributed by atoms with Crippen LogP contribution in [0.3, 0.4) is 0 Å². The SMILES string of the molecule is Cc1cc(I)ccc1Nc1c(C(=O)NOC(C)CCCO)cc(Br)c(F)c1F. The molecule has 1 unspecified atom stereocenters. The number of hydrogen-bond donors (Lipinski definition) is 3. The predicted octanol–water partition coefficient (Wildman–Crippen LogP) is 5.21. The second kappa shape index (κ2) is 10.5. The molecular formula is C19H20BrF2IN2O3. The van der Waals surface area contributed by atoms with E-state index < -0.39 is 17.5 Å². The molecule has 1 atom stereocenters. The van der Waals surface area contributed by atoms with Gasteiger partial charge in [0.1, 0.15) is 0 Å². The third-order valence-corrected chi connectivity index (χ3v) is 5.22. The van der Waals surface area contributed by atoms with E-state index in [-0.39, 0.29) is 28.4 Å². The summed E-state index contributed by atoms with van der Waals surface area (Å²) in [7, 11) is 0. The van der Waals surface area contributed by atoms with Crippen LogP contribution in [-0.4, -0.2) is 23.7 Å². The largest absolute Gasteiger partial charge is 0.396 e. The first-order valence-electron chi connectivity index (χ1n) is 8.52. The number of hydrogen-bond acceptors (Lipinski definition) is 4. The van der Waals surface area contributed by atoms with Crippen molar-refractivity contribution in [3.05, 3.63) is 55.1 Å². The van der Waals surface area contributed by atoms with Crippen LogP contribution >= 0.6 is 38.5 Å². The molecule has 0 aliphatic carbocycles. The molecule has 0 radical (unpaired) electrons. The molecule has 0 saturated carbocycles. The van der Waals surface area contributed by atoms with E-state index in [2.05, 4.69) is 49.3 Å². The predicted molar refractivity (Wildman–Crippen MR) is 116 cm³/mol. The van der Waals surface area contributed by atoms with Gasteiger partial charge in [-0.1, -0.05) is 0 Å². The fraction of sp³-hybridized carbons (Fsp3) is 0.316. The second-order valence-corrected chi connectivity index (χ2v) is 8.32. The lowest BCUT2D eigenvalue weighted by atomic mass is 10.1. The zero-order chi connectivity index (χ0) is 20.8. The van der Waals surface area contributed by atoms with E-state index in [0.29, 0.717) is 18.5 Å². The maximum atomic E-state index is 14.6. The second-order valence-electron chi connectivity index (χ2n) is 6.22.